The Morgan fingerprint density at radius 2 is 2.04 bits per heavy atom. The van der Waals surface area contributed by atoms with Gasteiger partial charge in [0.15, 0.2) is 0 Å². The Morgan fingerprint density at radius 1 is 1.27 bits per heavy atom. The Labute approximate surface area is 152 Å². The average molecular weight is 362 g/mol. The molecule has 4 rings (SSSR count). The van der Waals surface area contributed by atoms with E-state index >= 15 is 0 Å². The lowest BCUT2D eigenvalue weighted by Crippen LogP contribution is -2.14. The minimum atomic E-state index is -0.184. The molecule has 0 aliphatic heterocycles. The molecule has 0 saturated heterocycles. The Bertz CT molecular complexity index is 1210. The third-order valence-electron chi connectivity index (χ3n) is 4.16. The SMILES string of the molecule is Cc1ccc(-c2c(C)sc3nc(Cn4cnnc4C#N)[nH]c(=O)c23)cc1. The third kappa shape index (κ3) is 2.68. The Hall–Kier alpha value is -3.31. The van der Waals surface area contributed by atoms with E-state index in [0.29, 0.717) is 16.0 Å². The molecule has 1 N–H and O–H groups in total. The van der Waals surface area contributed by atoms with Crippen LogP contribution in [0.5, 0.6) is 0 Å². The van der Waals surface area contributed by atoms with Crippen molar-refractivity contribution < 1.29 is 0 Å². The van der Waals surface area contributed by atoms with Crippen LogP contribution in [0.4, 0.5) is 0 Å². The molecule has 0 amide bonds. The van der Waals surface area contributed by atoms with E-state index in [4.69, 9.17) is 5.26 Å². The van der Waals surface area contributed by atoms with Crippen molar-refractivity contribution in [2.24, 2.45) is 0 Å². The lowest BCUT2D eigenvalue weighted by atomic mass is 10.0. The van der Waals surface area contributed by atoms with Gasteiger partial charge in [-0.25, -0.2) is 4.98 Å². The van der Waals surface area contributed by atoms with E-state index < -0.39 is 0 Å². The number of aromatic amines is 1. The molecular weight excluding hydrogens is 348 g/mol. The number of aromatic nitrogens is 5. The van der Waals surface area contributed by atoms with Gasteiger partial charge in [-0.3, -0.25) is 9.36 Å². The van der Waals surface area contributed by atoms with Crippen molar-refractivity contribution in [2.75, 3.05) is 0 Å². The van der Waals surface area contributed by atoms with Crippen LogP contribution in [0.3, 0.4) is 0 Å². The van der Waals surface area contributed by atoms with Gasteiger partial charge < -0.3 is 4.98 Å². The second-order valence-electron chi connectivity index (χ2n) is 5.99. The van der Waals surface area contributed by atoms with E-state index in [9.17, 15) is 4.79 Å². The van der Waals surface area contributed by atoms with Gasteiger partial charge in [0.2, 0.25) is 5.82 Å². The Morgan fingerprint density at radius 3 is 2.77 bits per heavy atom. The smallest absolute Gasteiger partial charge is 0.260 e. The lowest BCUT2D eigenvalue weighted by molar-refractivity contribution is 0.733. The fourth-order valence-corrected chi connectivity index (χ4v) is 3.99. The first kappa shape index (κ1) is 16.2. The highest BCUT2D eigenvalue weighted by atomic mass is 32.1. The number of fused-ring (bicyclic) bond motifs is 1. The number of H-pyrrole nitrogens is 1. The van der Waals surface area contributed by atoms with Crippen molar-refractivity contribution in [3.05, 3.63) is 63.0 Å². The molecule has 0 saturated carbocycles. The largest absolute Gasteiger partial charge is 0.308 e. The van der Waals surface area contributed by atoms with E-state index in [-0.39, 0.29) is 17.9 Å². The van der Waals surface area contributed by atoms with Crippen LogP contribution in [-0.4, -0.2) is 24.7 Å². The number of hydrogen-bond donors (Lipinski definition) is 1. The number of nitrogens with one attached hydrogen (secondary N) is 1. The van der Waals surface area contributed by atoms with E-state index in [1.54, 1.807) is 4.57 Å². The maximum atomic E-state index is 12.8. The average Bonchev–Trinajstić information content (AvgIpc) is 3.19. The van der Waals surface area contributed by atoms with Crippen molar-refractivity contribution in [2.45, 2.75) is 20.4 Å². The fraction of sp³-hybridized carbons (Fsp3) is 0.167. The summed E-state index contributed by atoms with van der Waals surface area (Å²) in [7, 11) is 0. The van der Waals surface area contributed by atoms with Crippen LogP contribution in [0.15, 0.2) is 35.4 Å². The first-order valence-electron chi connectivity index (χ1n) is 7.94. The van der Waals surface area contributed by atoms with Gasteiger partial charge in [-0.1, -0.05) is 29.8 Å². The summed E-state index contributed by atoms with van der Waals surface area (Å²) < 4.78 is 1.55. The summed E-state index contributed by atoms with van der Waals surface area (Å²) in [6, 6.07) is 10.1. The molecule has 0 aliphatic rings. The maximum absolute atomic E-state index is 12.8. The number of aryl methyl sites for hydroxylation is 2. The fourth-order valence-electron chi connectivity index (χ4n) is 2.92. The van der Waals surface area contributed by atoms with Gasteiger partial charge in [0.1, 0.15) is 23.1 Å². The van der Waals surface area contributed by atoms with Crippen LogP contribution in [0.2, 0.25) is 0 Å². The molecule has 8 heteroatoms. The Kier molecular flexibility index (Phi) is 3.86. The predicted molar refractivity (Wildman–Crippen MR) is 99.0 cm³/mol. The predicted octanol–water partition coefficient (Wildman–Crippen LogP) is 2.78. The molecule has 0 atom stereocenters. The van der Waals surface area contributed by atoms with Crippen LogP contribution in [0.1, 0.15) is 22.1 Å². The standard InChI is InChI=1S/C18H14N6OS/c1-10-3-5-12(6-4-10)15-11(2)26-18-16(15)17(25)21-13(22-18)8-24-9-20-23-14(24)7-19/h3-6,9H,8H2,1-2H3,(H,21,22,25). The van der Waals surface area contributed by atoms with Gasteiger partial charge in [-0.2, -0.15) is 5.26 Å². The minimum Gasteiger partial charge on any atom is -0.308 e. The van der Waals surface area contributed by atoms with E-state index in [1.165, 1.54) is 23.2 Å². The first-order chi connectivity index (χ1) is 12.6. The van der Waals surface area contributed by atoms with E-state index in [1.807, 2.05) is 44.2 Å². The number of hydrogen-bond acceptors (Lipinski definition) is 6. The molecule has 0 bridgehead atoms. The van der Waals surface area contributed by atoms with Crippen molar-refractivity contribution in [1.29, 1.82) is 5.26 Å². The maximum Gasteiger partial charge on any atom is 0.260 e. The van der Waals surface area contributed by atoms with Crippen LogP contribution >= 0.6 is 11.3 Å². The normalized spacial score (nSPS) is 11.0. The highest BCUT2D eigenvalue weighted by molar-refractivity contribution is 7.19. The summed E-state index contributed by atoms with van der Waals surface area (Å²) in [5.74, 6) is 0.644. The molecule has 0 aliphatic carbocycles. The molecule has 3 heterocycles. The zero-order chi connectivity index (χ0) is 18.3. The van der Waals surface area contributed by atoms with Gasteiger partial charge in [0.25, 0.3) is 5.56 Å². The molecule has 1 aromatic carbocycles. The molecular formula is C18H14N6OS. The number of nitrogens with zero attached hydrogens (tertiary/aromatic N) is 5. The minimum absolute atomic E-state index is 0.176. The molecule has 0 spiro atoms. The van der Waals surface area contributed by atoms with E-state index in [0.717, 1.165) is 16.0 Å². The van der Waals surface area contributed by atoms with Gasteiger partial charge in [-0.05, 0) is 19.4 Å². The van der Waals surface area contributed by atoms with E-state index in [2.05, 4.69) is 20.2 Å². The molecule has 0 fully saturated rings. The molecule has 0 radical (unpaired) electrons. The quantitative estimate of drug-likeness (QED) is 0.604. The zero-order valence-electron chi connectivity index (χ0n) is 14.1. The van der Waals surface area contributed by atoms with Crippen molar-refractivity contribution in [3.8, 4) is 17.2 Å². The summed E-state index contributed by atoms with van der Waals surface area (Å²) in [4.78, 5) is 21.9. The van der Waals surface area contributed by atoms with Crippen LogP contribution in [0, 0.1) is 25.2 Å². The van der Waals surface area contributed by atoms with Gasteiger partial charge >= 0.3 is 0 Å². The topological polar surface area (TPSA) is 100 Å². The van der Waals surface area contributed by atoms with Gasteiger partial charge in [-0.15, -0.1) is 21.5 Å². The summed E-state index contributed by atoms with van der Waals surface area (Å²) >= 11 is 1.49. The molecule has 26 heavy (non-hydrogen) atoms. The second kappa shape index (κ2) is 6.20. The third-order valence-corrected chi connectivity index (χ3v) is 5.16. The first-order valence-corrected chi connectivity index (χ1v) is 8.75. The van der Waals surface area contributed by atoms with Crippen molar-refractivity contribution in [1.82, 2.24) is 24.7 Å². The molecule has 7 nitrogen and oxygen atoms in total. The highest BCUT2D eigenvalue weighted by Gasteiger charge is 2.17. The molecule has 3 aromatic heterocycles. The van der Waals surface area contributed by atoms with Crippen LogP contribution < -0.4 is 5.56 Å². The molecule has 4 aromatic rings. The molecule has 128 valence electrons. The van der Waals surface area contributed by atoms with Gasteiger partial charge in [0.05, 0.1) is 11.9 Å². The lowest BCUT2D eigenvalue weighted by Gasteiger charge is -2.04. The van der Waals surface area contributed by atoms with Gasteiger partial charge in [0, 0.05) is 10.4 Å². The molecule has 0 unspecified atom stereocenters. The summed E-state index contributed by atoms with van der Waals surface area (Å²) in [6.07, 6.45) is 1.44. The summed E-state index contributed by atoms with van der Waals surface area (Å²) in [6.45, 7) is 4.26. The monoisotopic (exact) mass is 362 g/mol. The number of rotatable bonds is 3. The number of benzene rings is 1. The summed E-state index contributed by atoms with van der Waals surface area (Å²) in [5, 5.41) is 17.1. The zero-order valence-corrected chi connectivity index (χ0v) is 15.0. The van der Waals surface area contributed by atoms with Crippen LogP contribution in [-0.2, 0) is 6.54 Å². The number of nitriles is 1. The Balaban J connectivity index is 1.84. The van der Waals surface area contributed by atoms with Crippen LogP contribution in [0.25, 0.3) is 21.3 Å². The van der Waals surface area contributed by atoms with Crippen molar-refractivity contribution >= 4 is 21.6 Å². The second-order valence-corrected chi connectivity index (χ2v) is 7.19. The summed E-state index contributed by atoms with van der Waals surface area (Å²) in [5.41, 5.74) is 2.91. The van der Waals surface area contributed by atoms with Crippen molar-refractivity contribution in [3.63, 3.8) is 0 Å². The number of thiophene rings is 1. The highest BCUT2D eigenvalue weighted by Crippen LogP contribution is 2.35.